The molecule has 7 heteroatoms. The van der Waals surface area contributed by atoms with Crippen molar-refractivity contribution < 1.29 is 23.0 Å². The molecule has 0 aliphatic carbocycles. The molecular formula is C13H19NO5S. The standard InChI is InChI=1S/C13H19NO5S/c1-3-19-11-9-14(8-10-15)20(16,17)13-6-4-12(18-2)5-7-13/h3-7,15H,1,8-11H2,2H3. The van der Waals surface area contributed by atoms with Crippen LogP contribution in [-0.2, 0) is 14.8 Å². The largest absolute Gasteiger partial charge is 0.500 e. The number of aliphatic hydroxyl groups excluding tert-OH is 1. The SMILES string of the molecule is C=COCCN(CCO)S(=O)(=O)c1ccc(OC)cc1. The van der Waals surface area contributed by atoms with Gasteiger partial charge >= 0.3 is 0 Å². The topological polar surface area (TPSA) is 76.1 Å². The van der Waals surface area contributed by atoms with Crippen LogP contribution in [0.5, 0.6) is 5.75 Å². The lowest BCUT2D eigenvalue weighted by molar-refractivity contribution is 0.200. The summed E-state index contributed by atoms with van der Waals surface area (Å²) in [5, 5.41) is 9.00. The molecule has 0 saturated carbocycles. The molecule has 112 valence electrons. The average molecular weight is 301 g/mol. The molecule has 0 saturated heterocycles. The highest BCUT2D eigenvalue weighted by molar-refractivity contribution is 7.89. The Morgan fingerprint density at radius 1 is 1.30 bits per heavy atom. The van der Waals surface area contributed by atoms with Gasteiger partial charge in [-0.05, 0) is 24.3 Å². The maximum Gasteiger partial charge on any atom is 0.243 e. The summed E-state index contributed by atoms with van der Waals surface area (Å²) in [5.41, 5.74) is 0. The molecule has 1 aromatic carbocycles. The number of ether oxygens (including phenoxy) is 2. The van der Waals surface area contributed by atoms with E-state index in [1.165, 1.54) is 25.5 Å². The van der Waals surface area contributed by atoms with Gasteiger partial charge in [-0.25, -0.2) is 8.42 Å². The van der Waals surface area contributed by atoms with E-state index in [4.69, 9.17) is 14.6 Å². The Balaban J connectivity index is 2.92. The molecule has 0 aliphatic rings. The molecule has 0 amide bonds. The van der Waals surface area contributed by atoms with Gasteiger partial charge < -0.3 is 14.6 Å². The number of rotatable bonds is 9. The van der Waals surface area contributed by atoms with Gasteiger partial charge in [0.15, 0.2) is 0 Å². The van der Waals surface area contributed by atoms with Crippen molar-refractivity contribution in [2.75, 3.05) is 33.4 Å². The van der Waals surface area contributed by atoms with Gasteiger partial charge in [-0.3, -0.25) is 0 Å². The van der Waals surface area contributed by atoms with Crippen molar-refractivity contribution >= 4 is 10.0 Å². The second kappa shape index (κ2) is 7.88. The van der Waals surface area contributed by atoms with Crippen LogP contribution in [0.1, 0.15) is 0 Å². The number of methoxy groups -OCH3 is 1. The first kappa shape index (κ1) is 16.5. The van der Waals surface area contributed by atoms with E-state index in [1.54, 1.807) is 12.1 Å². The molecule has 1 aromatic rings. The van der Waals surface area contributed by atoms with Crippen LogP contribution in [0.4, 0.5) is 0 Å². The van der Waals surface area contributed by atoms with Crippen molar-refractivity contribution in [2.45, 2.75) is 4.90 Å². The van der Waals surface area contributed by atoms with Gasteiger partial charge in [0.1, 0.15) is 12.4 Å². The van der Waals surface area contributed by atoms with Crippen molar-refractivity contribution in [1.29, 1.82) is 0 Å². The Bertz CT molecular complexity index is 512. The summed E-state index contributed by atoms with van der Waals surface area (Å²) in [5.74, 6) is 0.577. The zero-order valence-corrected chi connectivity index (χ0v) is 12.2. The zero-order chi connectivity index (χ0) is 15.0. The molecule has 0 heterocycles. The molecular weight excluding hydrogens is 282 g/mol. The monoisotopic (exact) mass is 301 g/mol. The van der Waals surface area contributed by atoms with Gasteiger partial charge in [0, 0.05) is 13.1 Å². The fraction of sp³-hybridized carbons (Fsp3) is 0.385. The molecule has 0 aromatic heterocycles. The molecule has 0 atom stereocenters. The lowest BCUT2D eigenvalue weighted by Crippen LogP contribution is -2.36. The predicted octanol–water partition coefficient (Wildman–Crippen LogP) is 0.838. The van der Waals surface area contributed by atoms with Crippen LogP contribution < -0.4 is 4.74 Å². The fourth-order valence-electron chi connectivity index (χ4n) is 1.60. The maximum atomic E-state index is 12.4. The molecule has 0 fully saturated rings. The number of hydrogen-bond donors (Lipinski definition) is 1. The molecule has 6 nitrogen and oxygen atoms in total. The molecule has 0 unspecified atom stereocenters. The highest BCUT2D eigenvalue weighted by atomic mass is 32.2. The van der Waals surface area contributed by atoms with Crippen molar-refractivity contribution in [1.82, 2.24) is 4.31 Å². The Hall–Kier alpha value is -1.57. The summed E-state index contributed by atoms with van der Waals surface area (Å²) < 4.78 is 35.9. The quantitative estimate of drug-likeness (QED) is 0.540. The van der Waals surface area contributed by atoms with E-state index in [9.17, 15) is 8.42 Å². The third-order valence-electron chi connectivity index (χ3n) is 2.62. The van der Waals surface area contributed by atoms with Crippen LogP contribution >= 0.6 is 0 Å². The second-order valence-corrected chi connectivity index (χ2v) is 5.78. The molecule has 1 N–H and O–H groups in total. The molecule has 0 radical (unpaired) electrons. The third-order valence-corrected chi connectivity index (χ3v) is 4.54. The second-order valence-electron chi connectivity index (χ2n) is 3.84. The van der Waals surface area contributed by atoms with Gasteiger partial charge in [-0.15, -0.1) is 0 Å². The molecule has 0 bridgehead atoms. The van der Waals surface area contributed by atoms with Crippen LogP contribution in [0.15, 0.2) is 42.0 Å². The third kappa shape index (κ3) is 4.22. The van der Waals surface area contributed by atoms with Crippen LogP contribution in [0.25, 0.3) is 0 Å². The van der Waals surface area contributed by atoms with Crippen molar-refractivity contribution in [2.24, 2.45) is 0 Å². The summed E-state index contributed by atoms with van der Waals surface area (Å²) in [6, 6.07) is 6.08. The van der Waals surface area contributed by atoms with Crippen LogP contribution in [-0.4, -0.2) is 51.2 Å². The number of aliphatic hydroxyl groups is 1. The maximum absolute atomic E-state index is 12.4. The van der Waals surface area contributed by atoms with Gasteiger partial charge in [-0.2, -0.15) is 4.31 Å². The molecule has 20 heavy (non-hydrogen) atoms. The minimum Gasteiger partial charge on any atom is -0.500 e. The predicted molar refractivity (Wildman–Crippen MR) is 75.0 cm³/mol. The lowest BCUT2D eigenvalue weighted by Gasteiger charge is -2.21. The van der Waals surface area contributed by atoms with Crippen LogP contribution in [0.2, 0.25) is 0 Å². The molecule has 1 rings (SSSR count). The minimum absolute atomic E-state index is 0.00880. The van der Waals surface area contributed by atoms with Crippen molar-refractivity contribution in [3.05, 3.63) is 37.1 Å². The first-order valence-electron chi connectivity index (χ1n) is 6.04. The smallest absolute Gasteiger partial charge is 0.243 e. The first-order valence-corrected chi connectivity index (χ1v) is 7.48. The molecule has 0 aliphatic heterocycles. The lowest BCUT2D eigenvalue weighted by atomic mass is 10.3. The Morgan fingerprint density at radius 2 is 1.95 bits per heavy atom. The Morgan fingerprint density at radius 3 is 2.45 bits per heavy atom. The number of hydrogen-bond acceptors (Lipinski definition) is 5. The summed E-state index contributed by atoms with van der Waals surface area (Å²) in [6.07, 6.45) is 1.25. The molecule has 0 spiro atoms. The normalized spacial score (nSPS) is 11.3. The van der Waals surface area contributed by atoms with Gasteiger partial charge in [0.2, 0.25) is 10.0 Å². The Kier molecular flexibility index (Phi) is 6.50. The highest BCUT2D eigenvalue weighted by Gasteiger charge is 2.23. The Labute approximate surface area is 119 Å². The van der Waals surface area contributed by atoms with E-state index in [0.717, 1.165) is 4.31 Å². The number of benzene rings is 1. The van der Waals surface area contributed by atoms with Crippen LogP contribution in [0.3, 0.4) is 0 Å². The van der Waals surface area contributed by atoms with E-state index in [1.807, 2.05) is 0 Å². The van der Waals surface area contributed by atoms with E-state index in [2.05, 4.69) is 6.58 Å². The summed E-state index contributed by atoms with van der Waals surface area (Å²) >= 11 is 0. The summed E-state index contributed by atoms with van der Waals surface area (Å²) in [7, 11) is -2.16. The van der Waals surface area contributed by atoms with Crippen molar-refractivity contribution in [3.8, 4) is 5.75 Å². The van der Waals surface area contributed by atoms with Crippen molar-refractivity contribution in [3.63, 3.8) is 0 Å². The van der Waals surface area contributed by atoms with E-state index >= 15 is 0 Å². The van der Waals surface area contributed by atoms with Crippen LogP contribution in [0, 0.1) is 0 Å². The average Bonchev–Trinajstić information content (AvgIpc) is 2.46. The van der Waals surface area contributed by atoms with Gasteiger partial charge in [-0.1, -0.05) is 6.58 Å². The van der Waals surface area contributed by atoms with E-state index in [-0.39, 0.29) is 31.2 Å². The summed E-state index contributed by atoms with van der Waals surface area (Å²) in [4.78, 5) is 0.144. The van der Waals surface area contributed by atoms with E-state index < -0.39 is 10.0 Å². The van der Waals surface area contributed by atoms with E-state index in [0.29, 0.717) is 5.75 Å². The van der Waals surface area contributed by atoms with Gasteiger partial charge in [0.25, 0.3) is 0 Å². The minimum atomic E-state index is -3.67. The first-order chi connectivity index (χ1) is 9.56. The highest BCUT2D eigenvalue weighted by Crippen LogP contribution is 2.19. The number of sulfonamides is 1. The zero-order valence-electron chi connectivity index (χ0n) is 11.4. The summed E-state index contributed by atoms with van der Waals surface area (Å²) in [6.45, 7) is 3.46. The fourth-order valence-corrected chi connectivity index (χ4v) is 3.01. The number of nitrogens with zero attached hydrogens (tertiary/aromatic N) is 1. The van der Waals surface area contributed by atoms with Gasteiger partial charge in [0.05, 0.1) is 24.9 Å².